The topological polar surface area (TPSA) is 78.7 Å². The molecule has 3 N–H and O–H groups in total. The Morgan fingerprint density at radius 1 is 1.17 bits per heavy atom. The summed E-state index contributed by atoms with van der Waals surface area (Å²) in [5.74, 6) is 1.04. The molecule has 1 saturated heterocycles. The summed E-state index contributed by atoms with van der Waals surface area (Å²) in [5.41, 5.74) is 5.45. The largest absolute Gasteiger partial charge is 0.352 e. The number of hydrogen-bond acceptors (Lipinski definition) is 4. The Morgan fingerprint density at radius 2 is 1.91 bits per heavy atom. The van der Waals surface area contributed by atoms with Crippen molar-refractivity contribution in [1.29, 1.82) is 0 Å². The normalized spacial score (nSPS) is 26.1. The number of nitrogens with two attached hydrogens (primary N) is 1. The number of amides is 2. The lowest BCUT2D eigenvalue weighted by molar-refractivity contribution is -0.133. The lowest BCUT2D eigenvalue weighted by Gasteiger charge is -2.35. The van der Waals surface area contributed by atoms with Crippen LogP contribution in [0.25, 0.3) is 0 Å². The lowest BCUT2D eigenvalue weighted by Crippen LogP contribution is -2.52. The molecule has 0 radical (unpaired) electrons. The van der Waals surface area contributed by atoms with Crippen LogP contribution < -0.4 is 11.1 Å². The summed E-state index contributed by atoms with van der Waals surface area (Å²) in [4.78, 5) is 28.2. The van der Waals surface area contributed by atoms with E-state index in [9.17, 15) is 9.59 Å². The lowest BCUT2D eigenvalue weighted by atomic mass is 9.87. The third-order valence-electron chi connectivity index (χ3n) is 4.99. The minimum absolute atomic E-state index is 0.131. The molecule has 0 aromatic carbocycles. The van der Waals surface area contributed by atoms with Gasteiger partial charge >= 0.3 is 0 Å². The van der Waals surface area contributed by atoms with E-state index in [0.717, 1.165) is 51.4 Å². The van der Waals surface area contributed by atoms with Crippen LogP contribution in [0.4, 0.5) is 0 Å². The summed E-state index contributed by atoms with van der Waals surface area (Å²) in [6, 6.07) is 0.352. The Balaban J connectivity index is 1.65. The van der Waals surface area contributed by atoms with E-state index >= 15 is 0 Å². The van der Waals surface area contributed by atoms with Gasteiger partial charge in [-0.15, -0.1) is 0 Å². The van der Waals surface area contributed by atoms with Crippen molar-refractivity contribution in [3.05, 3.63) is 0 Å². The van der Waals surface area contributed by atoms with Gasteiger partial charge in [-0.2, -0.15) is 0 Å². The second-order valence-corrected chi connectivity index (χ2v) is 7.09. The van der Waals surface area contributed by atoms with Crippen molar-refractivity contribution in [2.75, 3.05) is 39.3 Å². The van der Waals surface area contributed by atoms with E-state index in [1.807, 2.05) is 4.90 Å². The van der Waals surface area contributed by atoms with Gasteiger partial charge in [0.1, 0.15) is 0 Å². The van der Waals surface area contributed by atoms with Crippen molar-refractivity contribution >= 4 is 11.8 Å². The van der Waals surface area contributed by atoms with E-state index in [2.05, 4.69) is 17.1 Å². The third-order valence-corrected chi connectivity index (χ3v) is 4.99. The average Bonchev–Trinajstić information content (AvgIpc) is 2.53. The maximum atomic E-state index is 12.2. The van der Waals surface area contributed by atoms with Gasteiger partial charge in [0, 0.05) is 38.6 Å². The van der Waals surface area contributed by atoms with Crippen molar-refractivity contribution in [2.24, 2.45) is 11.7 Å². The fraction of sp³-hybridized carbons (Fsp3) is 0.882. The summed E-state index contributed by atoms with van der Waals surface area (Å²) in [6.45, 7) is 6.28. The zero-order valence-electron chi connectivity index (χ0n) is 14.4. The first kappa shape index (κ1) is 18.2. The second-order valence-electron chi connectivity index (χ2n) is 7.09. The van der Waals surface area contributed by atoms with Crippen LogP contribution in [0.2, 0.25) is 0 Å². The molecule has 0 bridgehead atoms. The van der Waals surface area contributed by atoms with Crippen LogP contribution >= 0.6 is 0 Å². The van der Waals surface area contributed by atoms with Crippen molar-refractivity contribution < 1.29 is 9.59 Å². The van der Waals surface area contributed by atoms with E-state index < -0.39 is 0 Å². The zero-order chi connectivity index (χ0) is 16.7. The molecule has 23 heavy (non-hydrogen) atoms. The molecule has 1 aliphatic carbocycles. The van der Waals surface area contributed by atoms with Crippen LogP contribution in [0.15, 0.2) is 0 Å². The van der Waals surface area contributed by atoms with E-state index in [0.29, 0.717) is 25.6 Å². The van der Waals surface area contributed by atoms with E-state index in [4.69, 9.17) is 5.73 Å². The highest BCUT2D eigenvalue weighted by atomic mass is 16.2. The van der Waals surface area contributed by atoms with Gasteiger partial charge in [0.15, 0.2) is 0 Å². The number of carbonyl (C=O) groups is 2. The van der Waals surface area contributed by atoms with Crippen molar-refractivity contribution in [3.8, 4) is 0 Å². The van der Waals surface area contributed by atoms with Gasteiger partial charge < -0.3 is 16.0 Å². The molecule has 0 aromatic rings. The Labute approximate surface area is 139 Å². The van der Waals surface area contributed by atoms with Gasteiger partial charge in [-0.3, -0.25) is 14.5 Å². The number of rotatable bonds is 6. The first-order chi connectivity index (χ1) is 11.1. The molecule has 1 heterocycles. The summed E-state index contributed by atoms with van der Waals surface area (Å²) in [6.07, 6.45) is 6.01. The predicted molar refractivity (Wildman–Crippen MR) is 90.9 cm³/mol. The van der Waals surface area contributed by atoms with Gasteiger partial charge in [-0.05, 0) is 31.7 Å². The molecular weight excluding hydrogens is 292 g/mol. The molecular formula is C17H32N4O2. The first-order valence-electron chi connectivity index (χ1n) is 9.08. The molecule has 2 atom stereocenters. The molecule has 2 amide bonds. The fourth-order valence-electron chi connectivity index (χ4n) is 3.61. The second kappa shape index (κ2) is 9.23. The first-order valence-corrected chi connectivity index (χ1v) is 9.08. The number of nitrogens with one attached hydrogen (secondary N) is 1. The molecule has 6 heteroatoms. The molecule has 2 fully saturated rings. The zero-order valence-corrected chi connectivity index (χ0v) is 14.4. The molecule has 2 rings (SSSR count). The van der Waals surface area contributed by atoms with E-state index in [-0.39, 0.29) is 11.8 Å². The van der Waals surface area contributed by atoms with Crippen LogP contribution in [0.1, 0.15) is 45.4 Å². The Kier molecular flexibility index (Phi) is 7.30. The van der Waals surface area contributed by atoms with Gasteiger partial charge in [-0.1, -0.05) is 19.8 Å². The SMILES string of the molecule is CC1CCCC(NC(=O)CN2CCN(C(=O)CCCN)CC2)C1. The summed E-state index contributed by atoms with van der Waals surface area (Å²) in [5, 5.41) is 3.18. The Morgan fingerprint density at radius 3 is 2.57 bits per heavy atom. The molecule has 1 aliphatic heterocycles. The highest BCUT2D eigenvalue weighted by Crippen LogP contribution is 2.23. The van der Waals surface area contributed by atoms with Crippen LogP contribution in [0, 0.1) is 5.92 Å². The number of nitrogens with zero attached hydrogens (tertiary/aromatic N) is 2. The van der Waals surface area contributed by atoms with Crippen molar-refractivity contribution in [2.45, 2.75) is 51.5 Å². The van der Waals surface area contributed by atoms with Crippen LogP contribution in [0.3, 0.4) is 0 Å². The smallest absolute Gasteiger partial charge is 0.234 e. The molecule has 132 valence electrons. The highest BCUT2D eigenvalue weighted by molar-refractivity contribution is 5.78. The van der Waals surface area contributed by atoms with Gasteiger partial charge in [0.25, 0.3) is 0 Å². The maximum absolute atomic E-state index is 12.2. The monoisotopic (exact) mass is 324 g/mol. The van der Waals surface area contributed by atoms with E-state index in [1.54, 1.807) is 0 Å². The minimum Gasteiger partial charge on any atom is -0.352 e. The Hall–Kier alpha value is -1.14. The average molecular weight is 324 g/mol. The van der Waals surface area contributed by atoms with Crippen molar-refractivity contribution in [3.63, 3.8) is 0 Å². The number of piperazine rings is 1. The van der Waals surface area contributed by atoms with Crippen LogP contribution in [0.5, 0.6) is 0 Å². The molecule has 2 unspecified atom stereocenters. The summed E-state index contributed by atoms with van der Waals surface area (Å²) in [7, 11) is 0. The minimum atomic E-state index is 0.131. The number of carbonyl (C=O) groups excluding carboxylic acids is 2. The highest BCUT2D eigenvalue weighted by Gasteiger charge is 2.24. The molecule has 0 spiro atoms. The van der Waals surface area contributed by atoms with Gasteiger partial charge in [0.05, 0.1) is 6.54 Å². The predicted octanol–water partition coefficient (Wildman–Crippen LogP) is 0.564. The standard InChI is InChI=1S/C17H32N4O2/c1-14-4-2-5-15(12-14)19-16(22)13-20-8-10-21(11-9-20)17(23)6-3-7-18/h14-15H,2-13,18H2,1H3,(H,19,22). The molecule has 0 aromatic heterocycles. The summed E-state index contributed by atoms with van der Waals surface area (Å²) < 4.78 is 0. The fourth-order valence-corrected chi connectivity index (χ4v) is 3.61. The van der Waals surface area contributed by atoms with Crippen molar-refractivity contribution in [1.82, 2.24) is 15.1 Å². The summed E-state index contributed by atoms with van der Waals surface area (Å²) >= 11 is 0. The number of hydrogen-bond donors (Lipinski definition) is 2. The van der Waals surface area contributed by atoms with E-state index in [1.165, 1.54) is 12.8 Å². The van der Waals surface area contributed by atoms with Crippen LogP contribution in [-0.4, -0.2) is 66.9 Å². The third kappa shape index (κ3) is 6.11. The quantitative estimate of drug-likeness (QED) is 0.748. The Bertz CT molecular complexity index is 394. The molecule has 2 aliphatic rings. The van der Waals surface area contributed by atoms with Crippen LogP contribution in [-0.2, 0) is 9.59 Å². The van der Waals surface area contributed by atoms with Gasteiger partial charge in [0.2, 0.25) is 11.8 Å². The molecule has 1 saturated carbocycles. The molecule has 6 nitrogen and oxygen atoms in total. The maximum Gasteiger partial charge on any atom is 0.234 e. The van der Waals surface area contributed by atoms with Gasteiger partial charge in [-0.25, -0.2) is 0 Å².